The molecular formula is C28H11Br2NO2. The second-order valence-corrected chi connectivity index (χ2v) is 10.4. The normalized spacial score (nSPS) is 12.8. The van der Waals surface area contributed by atoms with E-state index in [4.69, 9.17) is 0 Å². The summed E-state index contributed by atoms with van der Waals surface area (Å²) in [5.41, 5.74) is 0.0484. The number of rotatable bonds is 1. The van der Waals surface area contributed by atoms with Crippen LogP contribution in [0, 0.1) is 0 Å². The SMILES string of the molecule is O=c1c2c3cc(Br)c4ccc5ccc6c(Br)cc(c2c(=O)n1-c1ccccc1)c1c6c5c4c31. The molecule has 0 aliphatic rings. The van der Waals surface area contributed by atoms with Gasteiger partial charge in [0.2, 0.25) is 0 Å². The molecule has 3 nitrogen and oxygen atoms in total. The predicted molar refractivity (Wildman–Crippen MR) is 143 cm³/mol. The van der Waals surface area contributed by atoms with E-state index in [0.29, 0.717) is 16.5 Å². The van der Waals surface area contributed by atoms with E-state index in [1.54, 1.807) is 12.1 Å². The molecule has 0 spiro atoms. The molecule has 0 saturated heterocycles. The van der Waals surface area contributed by atoms with E-state index in [0.717, 1.165) is 57.4 Å². The lowest BCUT2D eigenvalue weighted by Gasteiger charge is -2.08. The number of hydrogen-bond donors (Lipinski definition) is 0. The van der Waals surface area contributed by atoms with E-state index >= 15 is 0 Å². The third kappa shape index (κ3) is 1.94. The van der Waals surface area contributed by atoms with Crippen LogP contribution in [0.15, 0.2) is 85.3 Å². The van der Waals surface area contributed by atoms with Crippen LogP contribution in [0.5, 0.6) is 0 Å². The molecule has 0 saturated carbocycles. The van der Waals surface area contributed by atoms with Crippen molar-refractivity contribution in [2.45, 2.75) is 0 Å². The van der Waals surface area contributed by atoms with Gasteiger partial charge in [0.25, 0.3) is 11.1 Å². The van der Waals surface area contributed by atoms with Crippen molar-refractivity contribution in [3.63, 3.8) is 0 Å². The van der Waals surface area contributed by atoms with Gasteiger partial charge in [0.15, 0.2) is 0 Å². The van der Waals surface area contributed by atoms with Crippen molar-refractivity contribution in [1.29, 1.82) is 0 Å². The first-order chi connectivity index (χ1) is 16.1. The van der Waals surface area contributed by atoms with Gasteiger partial charge in [0, 0.05) is 8.95 Å². The Kier molecular flexibility index (Phi) is 3.19. The van der Waals surface area contributed by atoms with Crippen LogP contribution in [-0.2, 0) is 0 Å². The Morgan fingerprint density at radius 2 is 1.00 bits per heavy atom. The minimum Gasteiger partial charge on any atom is -0.268 e. The van der Waals surface area contributed by atoms with E-state index in [1.165, 1.54) is 9.95 Å². The average Bonchev–Trinajstić information content (AvgIpc) is 3.31. The monoisotopic (exact) mass is 551 g/mol. The number of fused-ring (bicyclic) bond motifs is 3. The van der Waals surface area contributed by atoms with Gasteiger partial charge in [-0.1, -0.05) is 74.3 Å². The molecule has 0 aliphatic heterocycles. The van der Waals surface area contributed by atoms with Gasteiger partial charge in [-0.25, -0.2) is 4.57 Å². The van der Waals surface area contributed by atoms with Crippen LogP contribution < -0.4 is 11.1 Å². The maximum atomic E-state index is 13.8. The first-order valence-electron chi connectivity index (χ1n) is 10.6. The Morgan fingerprint density at radius 1 is 0.515 bits per heavy atom. The summed E-state index contributed by atoms with van der Waals surface area (Å²) in [6.07, 6.45) is 0. The maximum absolute atomic E-state index is 13.8. The molecule has 0 unspecified atom stereocenters. The summed E-state index contributed by atoms with van der Waals surface area (Å²) in [5.74, 6) is 0. The lowest BCUT2D eigenvalue weighted by molar-refractivity contribution is 0.992. The molecule has 0 amide bonds. The Bertz CT molecular complexity index is 2050. The van der Waals surface area contributed by atoms with Crippen molar-refractivity contribution >= 4 is 96.5 Å². The van der Waals surface area contributed by atoms with Crippen LogP contribution in [0.25, 0.3) is 70.3 Å². The molecule has 33 heavy (non-hydrogen) atoms. The highest BCUT2D eigenvalue weighted by molar-refractivity contribution is 9.11. The number of aromatic nitrogens is 1. The van der Waals surface area contributed by atoms with E-state index in [9.17, 15) is 9.59 Å². The Hall–Kier alpha value is -3.28. The van der Waals surface area contributed by atoms with Gasteiger partial charge < -0.3 is 0 Å². The van der Waals surface area contributed by atoms with Gasteiger partial charge in [-0.05, 0) is 78.1 Å². The molecule has 5 heteroatoms. The minimum absolute atomic E-state index is 0.270. The second-order valence-electron chi connectivity index (χ2n) is 8.67. The van der Waals surface area contributed by atoms with Gasteiger partial charge in [-0.3, -0.25) is 9.59 Å². The van der Waals surface area contributed by atoms with Gasteiger partial charge >= 0.3 is 0 Å². The van der Waals surface area contributed by atoms with Crippen LogP contribution in [-0.4, -0.2) is 4.57 Å². The highest BCUT2D eigenvalue weighted by Gasteiger charge is 2.28. The van der Waals surface area contributed by atoms with Gasteiger partial charge in [0.05, 0.1) is 16.5 Å². The topological polar surface area (TPSA) is 39.1 Å². The number of para-hydroxylation sites is 1. The first kappa shape index (κ1) is 18.2. The van der Waals surface area contributed by atoms with Crippen LogP contribution in [0.1, 0.15) is 0 Å². The number of hydrogen-bond acceptors (Lipinski definition) is 2. The van der Waals surface area contributed by atoms with E-state index in [-0.39, 0.29) is 11.1 Å². The summed E-state index contributed by atoms with van der Waals surface area (Å²) >= 11 is 7.52. The standard InChI is InChI=1S/C28H11Br2NO2/c29-18-10-16-23-21-14(18)8-6-12-7-9-15-19(30)11-17(24(23)22(15)20(12)21)26-25(16)27(32)31(28(26)33)13-4-2-1-3-5-13/h1-11H. The molecule has 1 aromatic heterocycles. The first-order valence-corrected chi connectivity index (χ1v) is 12.2. The second kappa shape index (κ2) is 5.79. The van der Waals surface area contributed by atoms with Crippen molar-refractivity contribution in [3.8, 4) is 5.69 Å². The molecule has 0 radical (unpaired) electrons. The van der Waals surface area contributed by atoms with Gasteiger partial charge in [0.1, 0.15) is 0 Å². The van der Waals surface area contributed by atoms with Crippen LogP contribution in [0.2, 0.25) is 0 Å². The molecule has 154 valence electrons. The quantitative estimate of drug-likeness (QED) is 0.199. The lowest BCUT2D eigenvalue weighted by Crippen LogP contribution is -2.23. The third-order valence-electron chi connectivity index (χ3n) is 7.17. The molecular weight excluding hydrogens is 542 g/mol. The zero-order valence-corrected chi connectivity index (χ0v) is 20.0. The van der Waals surface area contributed by atoms with Crippen LogP contribution in [0.4, 0.5) is 0 Å². The van der Waals surface area contributed by atoms with E-state index < -0.39 is 0 Å². The van der Waals surface area contributed by atoms with Crippen molar-refractivity contribution in [2.75, 3.05) is 0 Å². The molecule has 7 aromatic carbocycles. The zero-order valence-electron chi connectivity index (χ0n) is 16.9. The summed E-state index contributed by atoms with van der Waals surface area (Å²) in [6, 6.07) is 21.8. The molecule has 1 heterocycles. The van der Waals surface area contributed by atoms with E-state index in [1.807, 2.05) is 30.3 Å². The largest absolute Gasteiger partial charge is 0.268 e. The molecule has 0 N–H and O–H groups in total. The lowest BCUT2D eigenvalue weighted by atomic mass is 9.95. The Labute approximate surface area is 202 Å². The fourth-order valence-corrected chi connectivity index (χ4v) is 7.03. The molecule has 8 rings (SSSR count). The summed E-state index contributed by atoms with van der Waals surface area (Å²) in [6.45, 7) is 0. The van der Waals surface area contributed by atoms with Crippen molar-refractivity contribution in [2.24, 2.45) is 0 Å². The Balaban J connectivity index is 1.81. The van der Waals surface area contributed by atoms with Gasteiger partial charge in [-0.15, -0.1) is 0 Å². The molecule has 0 aliphatic carbocycles. The zero-order chi connectivity index (χ0) is 22.2. The number of benzene rings is 6. The fraction of sp³-hybridized carbons (Fsp3) is 0. The van der Waals surface area contributed by atoms with Gasteiger partial charge in [-0.2, -0.15) is 0 Å². The molecule has 8 aromatic rings. The predicted octanol–water partition coefficient (Wildman–Crippen LogP) is 7.39. The smallest absolute Gasteiger partial charge is 0.266 e. The van der Waals surface area contributed by atoms with Crippen LogP contribution in [0.3, 0.4) is 0 Å². The summed E-state index contributed by atoms with van der Waals surface area (Å²) in [5, 5.41) is 11.7. The summed E-state index contributed by atoms with van der Waals surface area (Å²) in [7, 11) is 0. The maximum Gasteiger partial charge on any atom is 0.266 e. The van der Waals surface area contributed by atoms with Crippen molar-refractivity contribution in [3.05, 3.63) is 96.4 Å². The minimum atomic E-state index is -0.270. The Morgan fingerprint density at radius 3 is 1.52 bits per heavy atom. The van der Waals surface area contributed by atoms with E-state index in [2.05, 4.69) is 56.1 Å². The molecule has 0 fully saturated rings. The third-order valence-corrected chi connectivity index (χ3v) is 8.48. The number of nitrogens with zero attached hydrogens (tertiary/aromatic N) is 1. The molecule has 0 atom stereocenters. The highest BCUT2D eigenvalue weighted by atomic mass is 79.9. The summed E-state index contributed by atoms with van der Waals surface area (Å²) < 4.78 is 3.17. The molecule has 0 bridgehead atoms. The number of halogens is 2. The summed E-state index contributed by atoms with van der Waals surface area (Å²) in [4.78, 5) is 27.6. The van der Waals surface area contributed by atoms with Crippen molar-refractivity contribution in [1.82, 2.24) is 4.57 Å². The van der Waals surface area contributed by atoms with Crippen molar-refractivity contribution < 1.29 is 0 Å². The average molecular weight is 553 g/mol. The van der Waals surface area contributed by atoms with Crippen LogP contribution >= 0.6 is 31.9 Å². The highest BCUT2D eigenvalue weighted by Crippen LogP contribution is 2.52. The fourth-order valence-electron chi connectivity index (χ4n) is 5.91.